The molecule has 0 aromatic rings. The van der Waals surface area contributed by atoms with E-state index in [1.54, 1.807) is 0 Å². The predicted octanol–water partition coefficient (Wildman–Crippen LogP) is 0.741. The molecule has 1 N–H and O–H groups in total. The Morgan fingerprint density at radius 1 is 1.70 bits per heavy atom. The Labute approximate surface area is 61.3 Å². The fourth-order valence-corrected chi connectivity index (χ4v) is 1.26. The van der Waals surface area contributed by atoms with Crippen molar-refractivity contribution in [2.75, 3.05) is 13.1 Å². The predicted molar refractivity (Wildman–Crippen MR) is 40.8 cm³/mol. The Balaban J connectivity index is 2.38. The van der Waals surface area contributed by atoms with Crippen molar-refractivity contribution in [2.24, 2.45) is 5.92 Å². The molecule has 0 aliphatic carbocycles. The Bertz CT molecular complexity index is 136. The summed E-state index contributed by atoms with van der Waals surface area (Å²) in [6.07, 6.45) is 3.57. The van der Waals surface area contributed by atoms with Gasteiger partial charge in [0.1, 0.15) is 0 Å². The second kappa shape index (κ2) is 3.52. The molecule has 0 aromatic carbocycles. The Hall–Kier alpha value is -0.630. The number of carbonyl (C=O) groups excluding carboxylic acids is 1. The highest BCUT2D eigenvalue weighted by Crippen LogP contribution is 2.10. The lowest BCUT2D eigenvalue weighted by atomic mass is 9.95. The van der Waals surface area contributed by atoms with E-state index in [-0.39, 0.29) is 11.7 Å². The van der Waals surface area contributed by atoms with E-state index in [4.69, 9.17) is 0 Å². The first-order valence-corrected chi connectivity index (χ1v) is 3.71. The van der Waals surface area contributed by atoms with Crippen molar-refractivity contribution in [1.29, 1.82) is 0 Å². The van der Waals surface area contributed by atoms with Crippen LogP contribution in [-0.4, -0.2) is 18.9 Å². The van der Waals surface area contributed by atoms with Gasteiger partial charge in [-0.05, 0) is 25.5 Å². The van der Waals surface area contributed by atoms with Crippen molar-refractivity contribution in [3.8, 4) is 0 Å². The SMILES string of the molecule is C=CC(=O)C1CCCNC1. The summed E-state index contributed by atoms with van der Waals surface area (Å²) >= 11 is 0. The van der Waals surface area contributed by atoms with E-state index in [1.165, 1.54) is 6.08 Å². The van der Waals surface area contributed by atoms with Gasteiger partial charge >= 0.3 is 0 Å². The summed E-state index contributed by atoms with van der Waals surface area (Å²) in [6.45, 7) is 5.35. The smallest absolute Gasteiger partial charge is 0.159 e. The zero-order valence-electron chi connectivity index (χ0n) is 6.10. The Morgan fingerprint density at radius 2 is 2.50 bits per heavy atom. The van der Waals surface area contributed by atoms with Crippen LogP contribution >= 0.6 is 0 Å². The average molecular weight is 139 g/mol. The molecule has 10 heavy (non-hydrogen) atoms. The molecule has 0 amide bonds. The van der Waals surface area contributed by atoms with E-state index < -0.39 is 0 Å². The molecule has 2 nitrogen and oxygen atoms in total. The van der Waals surface area contributed by atoms with Crippen molar-refractivity contribution >= 4 is 5.78 Å². The lowest BCUT2D eigenvalue weighted by Gasteiger charge is -2.19. The molecule has 0 saturated carbocycles. The van der Waals surface area contributed by atoms with Crippen LogP contribution in [-0.2, 0) is 4.79 Å². The molecule has 1 aliphatic heterocycles. The summed E-state index contributed by atoms with van der Waals surface area (Å²) < 4.78 is 0. The van der Waals surface area contributed by atoms with Gasteiger partial charge in [0, 0.05) is 12.5 Å². The molecule has 1 rings (SSSR count). The van der Waals surface area contributed by atoms with Crippen LogP contribution in [0.2, 0.25) is 0 Å². The van der Waals surface area contributed by atoms with Crippen LogP contribution in [0.15, 0.2) is 12.7 Å². The fraction of sp³-hybridized carbons (Fsp3) is 0.625. The van der Waals surface area contributed by atoms with E-state index in [1.807, 2.05) is 0 Å². The Kier molecular flexibility index (Phi) is 2.63. The molecule has 0 spiro atoms. The van der Waals surface area contributed by atoms with Gasteiger partial charge in [-0.1, -0.05) is 6.58 Å². The quantitative estimate of drug-likeness (QED) is 0.572. The molecule has 1 unspecified atom stereocenters. The maximum Gasteiger partial charge on any atom is 0.159 e. The van der Waals surface area contributed by atoms with Crippen molar-refractivity contribution in [1.82, 2.24) is 5.32 Å². The third-order valence-corrected chi connectivity index (χ3v) is 1.90. The molecule has 1 heterocycles. The second-order valence-corrected chi connectivity index (χ2v) is 2.65. The van der Waals surface area contributed by atoms with Crippen LogP contribution in [0.4, 0.5) is 0 Å². The standard InChI is InChI=1S/C8H13NO/c1-2-8(10)7-4-3-5-9-6-7/h2,7,9H,1,3-6H2. The lowest BCUT2D eigenvalue weighted by Crippen LogP contribution is -2.33. The molecular formula is C8H13NO. The first kappa shape index (κ1) is 7.48. The first-order valence-electron chi connectivity index (χ1n) is 3.71. The molecule has 0 aromatic heterocycles. The summed E-state index contributed by atoms with van der Waals surface area (Å²) in [5.41, 5.74) is 0. The number of piperidine rings is 1. The number of rotatable bonds is 2. The minimum absolute atomic E-state index is 0.187. The molecule has 1 aliphatic rings. The third kappa shape index (κ3) is 1.67. The largest absolute Gasteiger partial charge is 0.316 e. The van der Waals surface area contributed by atoms with Crippen LogP contribution in [0.3, 0.4) is 0 Å². The lowest BCUT2D eigenvalue weighted by molar-refractivity contribution is -0.118. The zero-order valence-corrected chi connectivity index (χ0v) is 6.10. The van der Waals surface area contributed by atoms with Gasteiger partial charge in [0.25, 0.3) is 0 Å². The summed E-state index contributed by atoms with van der Waals surface area (Å²) in [6, 6.07) is 0. The van der Waals surface area contributed by atoms with Gasteiger partial charge in [0.2, 0.25) is 0 Å². The van der Waals surface area contributed by atoms with Gasteiger partial charge in [0.05, 0.1) is 0 Å². The normalized spacial score (nSPS) is 25.8. The number of hydrogen-bond acceptors (Lipinski definition) is 2. The van der Waals surface area contributed by atoms with E-state index in [9.17, 15) is 4.79 Å². The molecule has 56 valence electrons. The highest BCUT2D eigenvalue weighted by Gasteiger charge is 2.17. The van der Waals surface area contributed by atoms with E-state index in [0.717, 1.165) is 25.9 Å². The molecule has 1 saturated heterocycles. The molecule has 2 heteroatoms. The summed E-state index contributed by atoms with van der Waals surface area (Å²) in [7, 11) is 0. The van der Waals surface area contributed by atoms with Crippen molar-refractivity contribution < 1.29 is 4.79 Å². The molecule has 1 atom stereocenters. The second-order valence-electron chi connectivity index (χ2n) is 2.65. The molecule has 0 radical (unpaired) electrons. The van der Waals surface area contributed by atoms with Crippen LogP contribution in [0.5, 0.6) is 0 Å². The number of allylic oxidation sites excluding steroid dienone is 1. The number of carbonyl (C=O) groups is 1. The van der Waals surface area contributed by atoms with Crippen molar-refractivity contribution in [3.05, 3.63) is 12.7 Å². The monoisotopic (exact) mass is 139 g/mol. The van der Waals surface area contributed by atoms with Crippen molar-refractivity contribution in [2.45, 2.75) is 12.8 Å². The van der Waals surface area contributed by atoms with Gasteiger partial charge in [-0.2, -0.15) is 0 Å². The average Bonchev–Trinajstić information content (AvgIpc) is 2.05. The van der Waals surface area contributed by atoms with Crippen molar-refractivity contribution in [3.63, 3.8) is 0 Å². The van der Waals surface area contributed by atoms with Crippen LogP contribution in [0.25, 0.3) is 0 Å². The minimum Gasteiger partial charge on any atom is -0.316 e. The van der Waals surface area contributed by atoms with Gasteiger partial charge in [-0.15, -0.1) is 0 Å². The van der Waals surface area contributed by atoms with E-state index in [0.29, 0.717) is 0 Å². The maximum absolute atomic E-state index is 11.0. The summed E-state index contributed by atoms with van der Waals surface area (Å²) in [5, 5.41) is 3.18. The van der Waals surface area contributed by atoms with Crippen LogP contribution < -0.4 is 5.32 Å². The number of hydrogen-bond donors (Lipinski definition) is 1. The highest BCUT2D eigenvalue weighted by molar-refractivity contribution is 5.91. The van der Waals surface area contributed by atoms with Gasteiger partial charge < -0.3 is 5.32 Å². The fourth-order valence-electron chi connectivity index (χ4n) is 1.26. The van der Waals surface area contributed by atoms with Gasteiger partial charge in [-0.25, -0.2) is 0 Å². The van der Waals surface area contributed by atoms with E-state index in [2.05, 4.69) is 11.9 Å². The van der Waals surface area contributed by atoms with Gasteiger partial charge in [0.15, 0.2) is 5.78 Å². The number of ketones is 1. The zero-order chi connectivity index (χ0) is 7.40. The van der Waals surface area contributed by atoms with Crippen LogP contribution in [0.1, 0.15) is 12.8 Å². The number of nitrogens with one attached hydrogen (secondary N) is 1. The summed E-state index contributed by atoms with van der Waals surface area (Å²) in [4.78, 5) is 11.0. The highest BCUT2D eigenvalue weighted by atomic mass is 16.1. The molecule has 1 fully saturated rings. The van der Waals surface area contributed by atoms with E-state index >= 15 is 0 Å². The maximum atomic E-state index is 11.0. The third-order valence-electron chi connectivity index (χ3n) is 1.90. The Morgan fingerprint density at radius 3 is 3.00 bits per heavy atom. The topological polar surface area (TPSA) is 29.1 Å². The summed E-state index contributed by atoms with van der Waals surface area (Å²) in [5.74, 6) is 0.387. The van der Waals surface area contributed by atoms with Crippen LogP contribution in [0, 0.1) is 5.92 Å². The first-order chi connectivity index (χ1) is 4.84. The molecular weight excluding hydrogens is 126 g/mol. The molecule has 0 bridgehead atoms. The van der Waals surface area contributed by atoms with Gasteiger partial charge in [-0.3, -0.25) is 4.79 Å². The minimum atomic E-state index is 0.187.